The van der Waals surface area contributed by atoms with Gasteiger partial charge >= 0.3 is 0 Å². The van der Waals surface area contributed by atoms with Gasteiger partial charge in [-0.1, -0.05) is 30.3 Å². The van der Waals surface area contributed by atoms with Crippen LogP contribution in [0.1, 0.15) is 37.1 Å². The van der Waals surface area contributed by atoms with Crippen molar-refractivity contribution in [2.45, 2.75) is 39.2 Å². The van der Waals surface area contributed by atoms with Gasteiger partial charge in [-0.2, -0.15) is 10.4 Å². The van der Waals surface area contributed by atoms with Crippen molar-refractivity contribution in [3.05, 3.63) is 47.2 Å². The Kier molecular flexibility index (Phi) is 4.32. The number of hydrogen-bond donors (Lipinski definition) is 1. The van der Waals surface area contributed by atoms with E-state index in [9.17, 15) is 5.26 Å². The van der Waals surface area contributed by atoms with Crippen LogP contribution in [0.25, 0.3) is 0 Å². The van der Waals surface area contributed by atoms with Crippen LogP contribution in [0.3, 0.4) is 0 Å². The first-order valence-corrected chi connectivity index (χ1v) is 7.19. The second kappa shape index (κ2) is 6.01. The van der Waals surface area contributed by atoms with Gasteiger partial charge in [-0.15, -0.1) is 0 Å². The number of aryl methyl sites for hydroxylation is 3. The maximum absolute atomic E-state index is 9.27. The summed E-state index contributed by atoms with van der Waals surface area (Å²) in [5.41, 5.74) is 2.61. The van der Waals surface area contributed by atoms with Crippen LogP contribution in [-0.2, 0) is 13.5 Å². The Morgan fingerprint density at radius 1 is 1.29 bits per heavy atom. The fourth-order valence-electron chi connectivity index (χ4n) is 2.42. The predicted octanol–water partition coefficient (Wildman–Crippen LogP) is 3.42. The van der Waals surface area contributed by atoms with Crippen LogP contribution in [0.4, 0.5) is 5.82 Å². The van der Waals surface area contributed by atoms with Gasteiger partial charge in [-0.3, -0.25) is 4.68 Å². The summed E-state index contributed by atoms with van der Waals surface area (Å²) in [6.07, 6.45) is 1.98. The van der Waals surface area contributed by atoms with E-state index >= 15 is 0 Å². The van der Waals surface area contributed by atoms with Crippen molar-refractivity contribution in [1.29, 1.82) is 5.26 Å². The molecule has 0 bridgehead atoms. The van der Waals surface area contributed by atoms with Gasteiger partial charge in [0.1, 0.15) is 17.5 Å². The Labute approximate surface area is 126 Å². The van der Waals surface area contributed by atoms with Crippen LogP contribution in [-0.4, -0.2) is 15.3 Å². The van der Waals surface area contributed by atoms with Crippen molar-refractivity contribution >= 4 is 5.82 Å². The van der Waals surface area contributed by atoms with Crippen LogP contribution in [0.2, 0.25) is 0 Å². The molecule has 0 radical (unpaired) electrons. The SMILES string of the molecule is Cc1nn(C)c(NC(C)(C)CCc2ccccc2)c1C#N. The highest BCUT2D eigenvalue weighted by atomic mass is 15.3. The number of aromatic nitrogens is 2. The van der Waals surface area contributed by atoms with E-state index in [1.165, 1.54) is 5.56 Å². The Hall–Kier alpha value is -2.28. The molecule has 1 aromatic heterocycles. The molecule has 0 unspecified atom stereocenters. The molecule has 1 aromatic carbocycles. The van der Waals surface area contributed by atoms with Crippen LogP contribution < -0.4 is 5.32 Å². The summed E-state index contributed by atoms with van der Waals surface area (Å²) >= 11 is 0. The number of rotatable bonds is 5. The summed E-state index contributed by atoms with van der Waals surface area (Å²) in [7, 11) is 1.86. The molecule has 0 saturated carbocycles. The molecule has 0 aliphatic carbocycles. The molecule has 110 valence electrons. The molecule has 0 atom stereocenters. The summed E-state index contributed by atoms with van der Waals surface area (Å²) in [5.74, 6) is 0.799. The van der Waals surface area contributed by atoms with E-state index in [1.807, 2.05) is 20.0 Å². The Morgan fingerprint density at radius 3 is 2.57 bits per heavy atom. The molecule has 1 heterocycles. The van der Waals surface area contributed by atoms with Crippen LogP contribution in [0.15, 0.2) is 30.3 Å². The molecule has 0 aliphatic rings. The molecule has 0 fully saturated rings. The van der Waals surface area contributed by atoms with E-state index in [1.54, 1.807) is 4.68 Å². The predicted molar refractivity (Wildman–Crippen MR) is 85.1 cm³/mol. The minimum absolute atomic E-state index is 0.109. The number of nitriles is 1. The highest BCUT2D eigenvalue weighted by Crippen LogP contribution is 2.24. The van der Waals surface area contributed by atoms with E-state index in [2.05, 4.69) is 54.6 Å². The van der Waals surface area contributed by atoms with Crippen molar-refractivity contribution < 1.29 is 0 Å². The van der Waals surface area contributed by atoms with Crippen molar-refractivity contribution in [1.82, 2.24) is 9.78 Å². The van der Waals surface area contributed by atoms with E-state index in [0.717, 1.165) is 24.4 Å². The molecule has 0 saturated heterocycles. The van der Waals surface area contributed by atoms with E-state index < -0.39 is 0 Å². The minimum Gasteiger partial charge on any atom is -0.364 e. The lowest BCUT2D eigenvalue weighted by molar-refractivity contribution is 0.511. The van der Waals surface area contributed by atoms with Crippen molar-refractivity contribution in [2.24, 2.45) is 7.05 Å². The minimum atomic E-state index is -0.109. The van der Waals surface area contributed by atoms with Gasteiger partial charge in [0.05, 0.1) is 5.69 Å². The largest absolute Gasteiger partial charge is 0.364 e. The Morgan fingerprint density at radius 2 is 1.95 bits per heavy atom. The second-order valence-corrected chi connectivity index (χ2v) is 6.04. The summed E-state index contributed by atoms with van der Waals surface area (Å²) in [6.45, 7) is 6.17. The third-order valence-electron chi connectivity index (χ3n) is 3.67. The zero-order chi connectivity index (χ0) is 15.5. The first-order valence-electron chi connectivity index (χ1n) is 7.19. The van der Waals surface area contributed by atoms with Crippen molar-refractivity contribution in [2.75, 3.05) is 5.32 Å². The summed E-state index contributed by atoms with van der Waals surface area (Å²) < 4.78 is 1.75. The maximum atomic E-state index is 9.27. The first kappa shape index (κ1) is 15.1. The molecule has 1 N–H and O–H groups in total. The third kappa shape index (κ3) is 3.63. The normalized spacial score (nSPS) is 11.2. The highest BCUT2D eigenvalue weighted by molar-refractivity contribution is 5.56. The van der Waals surface area contributed by atoms with E-state index in [-0.39, 0.29) is 5.54 Å². The van der Waals surface area contributed by atoms with Gasteiger partial charge in [0.2, 0.25) is 0 Å². The van der Waals surface area contributed by atoms with Gasteiger partial charge in [0.25, 0.3) is 0 Å². The summed E-state index contributed by atoms with van der Waals surface area (Å²) in [5, 5.41) is 17.1. The molecule has 4 heteroatoms. The number of hydrogen-bond acceptors (Lipinski definition) is 3. The molecule has 21 heavy (non-hydrogen) atoms. The lowest BCUT2D eigenvalue weighted by atomic mass is 9.95. The summed E-state index contributed by atoms with van der Waals surface area (Å²) in [4.78, 5) is 0. The van der Waals surface area contributed by atoms with Crippen LogP contribution in [0, 0.1) is 18.3 Å². The molecule has 2 aromatic rings. The average molecular weight is 282 g/mol. The fraction of sp³-hybridized carbons (Fsp3) is 0.412. The molecule has 0 aliphatic heterocycles. The first-order chi connectivity index (χ1) is 9.93. The fourth-order valence-corrected chi connectivity index (χ4v) is 2.42. The molecule has 0 amide bonds. The van der Waals surface area contributed by atoms with Crippen molar-refractivity contribution in [3.8, 4) is 6.07 Å². The monoisotopic (exact) mass is 282 g/mol. The molecular weight excluding hydrogens is 260 g/mol. The number of benzene rings is 1. The van der Waals surface area contributed by atoms with Gasteiger partial charge in [0, 0.05) is 12.6 Å². The third-order valence-corrected chi connectivity index (χ3v) is 3.67. The Balaban J connectivity index is 2.09. The molecule has 2 rings (SSSR count). The van der Waals surface area contributed by atoms with Crippen molar-refractivity contribution in [3.63, 3.8) is 0 Å². The maximum Gasteiger partial charge on any atom is 0.142 e. The van der Waals surface area contributed by atoms with E-state index in [0.29, 0.717) is 5.56 Å². The smallest absolute Gasteiger partial charge is 0.142 e. The Bertz CT molecular complexity index is 647. The van der Waals surface area contributed by atoms with Gasteiger partial charge < -0.3 is 5.32 Å². The molecular formula is C17H22N4. The van der Waals surface area contributed by atoms with E-state index in [4.69, 9.17) is 0 Å². The van der Waals surface area contributed by atoms with Gasteiger partial charge in [-0.05, 0) is 39.2 Å². The van der Waals surface area contributed by atoms with Crippen LogP contribution in [0.5, 0.6) is 0 Å². The number of nitrogens with zero attached hydrogens (tertiary/aromatic N) is 3. The van der Waals surface area contributed by atoms with Gasteiger partial charge in [0.15, 0.2) is 0 Å². The second-order valence-electron chi connectivity index (χ2n) is 6.04. The lowest BCUT2D eigenvalue weighted by Crippen LogP contribution is -2.32. The molecule has 0 spiro atoms. The summed E-state index contributed by atoms with van der Waals surface area (Å²) in [6, 6.07) is 12.7. The molecule has 4 nitrogen and oxygen atoms in total. The zero-order valence-electron chi connectivity index (χ0n) is 13.1. The lowest BCUT2D eigenvalue weighted by Gasteiger charge is -2.27. The topological polar surface area (TPSA) is 53.6 Å². The number of nitrogens with one attached hydrogen (secondary N) is 1. The standard InChI is InChI=1S/C17H22N4/c1-13-15(12-18)16(21(4)20-13)19-17(2,3)11-10-14-8-6-5-7-9-14/h5-9,19H,10-11H2,1-4H3. The van der Waals surface area contributed by atoms with Crippen LogP contribution >= 0.6 is 0 Å². The average Bonchev–Trinajstić information content (AvgIpc) is 2.71. The quantitative estimate of drug-likeness (QED) is 0.914. The highest BCUT2D eigenvalue weighted by Gasteiger charge is 2.22. The van der Waals surface area contributed by atoms with Gasteiger partial charge in [-0.25, -0.2) is 0 Å². The zero-order valence-corrected chi connectivity index (χ0v) is 13.1. The number of anilines is 1.